The molecule has 0 spiro atoms. The lowest BCUT2D eigenvalue weighted by atomic mass is 10.0. The minimum Gasteiger partial charge on any atom is -0.478 e. The zero-order valence-electron chi connectivity index (χ0n) is 17.1. The molecule has 4 aromatic carbocycles. The molecular weight excluding hydrogens is 422 g/mol. The molecule has 0 aliphatic heterocycles. The fourth-order valence-electron chi connectivity index (χ4n) is 3.50. The van der Waals surface area contributed by atoms with E-state index in [1.54, 1.807) is 47.4 Å². The van der Waals surface area contributed by atoms with Crippen molar-refractivity contribution in [3.8, 4) is 11.1 Å². The Hall–Kier alpha value is -3.89. The first kappa shape index (κ1) is 21.3. The van der Waals surface area contributed by atoms with E-state index in [2.05, 4.69) is 0 Å². The number of carboxylic acid groups (broad SMARTS) is 1. The van der Waals surface area contributed by atoms with Crippen molar-refractivity contribution in [2.75, 3.05) is 4.90 Å². The Kier molecular flexibility index (Phi) is 6.34. The van der Waals surface area contributed by atoms with E-state index in [1.165, 1.54) is 0 Å². The number of carboxylic acids is 1. The van der Waals surface area contributed by atoms with Gasteiger partial charge in [-0.05, 0) is 71.3 Å². The molecule has 0 atom stereocenters. The summed E-state index contributed by atoms with van der Waals surface area (Å²) in [5.74, 6) is -1.10. The van der Waals surface area contributed by atoms with Crippen molar-refractivity contribution in [3.05, 3.63) is 125 Å². The Morgan fingerprint density at radius 2 is 1.38 bits per heavy atom. The van der Waals surface area contributed by atoms with Crippen molar-refractivity contribution in [1.82, 2.24) is 0 Å². The average Bonchev–Trinajstić information content (AvgIpc) is 2.83. The van der Waals surface area contributed by atoms with E-state index < -0.39 is 5.97 Å². The number of halogens is 1. The Morgan fingerprint density at radius 1 is 0.719 bits per heavy atom. The van der Waals surface area contributed by atoms with Crippen LogP contribution in [0.25, 0.3) is 11.1 Å². The van der Waals surface area contributed by atoms with Crippen LogP contribution >= 0.6 is 11.6 Å². The van der Waals surface area contributed by atoms with Crippen molar-refractivity contribution < 1.29 is 14.7 Å². The van der Waals surface area contributed by atoms with E-state index in [0.29, 0.717) is 17.1 Å². The van der Waals surface area contributed by atoms with Crippen LogP contribution < -0.4 is 4.90 Å². The van der Waals surface area contributed by atoms with Gasteiger partial charge in [0.1, 0.15) is 0 Å². The van der Waals surface area contributed by atoms with Crippen LogP contribution in [0.1, 0.15) is 26.3 Å². The van der Waals surface area contributed by atoms with Crippen molar-refractivity contribution in [2.24, 2.45) is 0 Å². The minimum atomic E-state index is -0.966. The van der Waals surface area contributed by atoms with Gasteiger partial charge < -0.3 is 10.0 Å². The van der Waals surface area contributed by atoms with Crippen LogP contribution in [0.3, 0.4) is 0 Å². The third kappa shape index (κ3) is 4.88. The van der Waals surface area contributed by atoms with E-state index in [9.17, 15) is 14.7 Å². The molecule has 32 heavy (non-hydrogen) atoms. The van der Waals surface area contributed by atoms with Crippen LogP contribution in [0.15, 0.2) is 103 Å². The van der Waals surface area contributed by atoms with Crippen LogP contribution in [0.5, 0.6) is 0 Å². The standard InChI is InChI=1S/C27H20ClNO3/c28-24-14-12-20(13-15-24)26(30)29(25-10-2-1-3-11-25)18-19-6-4-7-21(16-19)22-8-5-9-23(17-22)27(31)32/h1-17H,18H2,(H,31,32). The summed E-state index contributed by atoms with van der Waals surface area (Å²) in [6.07, 6.45) is 0. The molecule has 0 bridgehead atoms. The number of rotatable bonds is 6. The second-order valence-corrected chi connectivity index (χ2v) is 7.76. The number of aromatic carboxylic acids is 1. The highest BCUT2D eigenvalue weighted by atomic mass is 35.5. The zero-order valence-corrected chi connectivity index (χ0v) is 17.9. The fourth-order valence-corrected chi connectivity index (χ4v) is 3.63. The topological polar surface area (TPSA) is 57.6 Å². The number of benzene rings is 4. The average molecular weight is 442 g/mol. The molecule has 0 aliphatic rings. The van der Waals surface area contributed by atoms with Crippen LogP contribution in [0.4, 0.5) is 5.69 Å². The lowest BCUT2D eigenvalue weighted by Crippen LogP contribution is -2.30. The Balaban J connectivity index is 1.68. The quantitative estimate of drug-likeness (QED) is 0.369. The first-order valence-electron chi connectivity index (χ1n) is 10.1. The Labute approximate surface area is 191 Å². The number of para-hydroxylation sites is 1. The van der Waals surface area contributed by atoms with Crippen LogP contribution in [-0.2, 0) is 6.54 Å². The van der Waals surface area contributed by atoms with Gasteiger partial charge in [-0.1, -0.05) is 60.1 Å². The molecule has 4 aromatic rings. The van der Waals surface area contributed by atoms with Gasteiger partial charge in [0.25, 0.3) is 5.91 Å². The van der Waals surface area contributed by atoms with E-state index in [4.69, 9.17) is 11.6 Å². The largest absolute Gasteiger partial charge is 0.478 e. The molecule has 0 saturated heterocycles. The SMILES string of the molecule is O=C(O)c1cccc(-c2cccc(CN(C(=O)c3ccc(Cl)cc3)c3ccccc3)c2)c1. The van der Waals surface area contributed by atoms with Crippen LogP contribution in [0, 0.1) is 0 Å². The number of anilines is 1. The van der Waals surface area contributed by atoms with E-state index in [0.717, 1.165) is 22.4 Å². The van der Waals surface area contributed by atoms with Gasteiger partial charge in [-0.15, -0.1) is 0 Å². The number of carbonyl (C=O) groups excluding carboxylic acids is 1. The third-order valence-corrected chi connectivity index (χ3v) is 5.37. The maximum absolute atomic E-state index is 13.4. The molecule has 0 aliphatic carbocycles. The third-order valence-electron chi connectivity index (χ3n) is 5.11. The molecule has 0 saturated carbocycles. The monoisotopic (exact) mass is 441 g/mol. The number of hydrogen-bond acceptors (Lipinski definition) is 2. The van der Waals surface area contributed by atoms with Gasteiger partial charge in [0, 0.05) is 16.3 Å². The molecule has 0 heterocycles. The molecule has 0 unspecified atom stereocenters. The second-order valence-electron chi connectivity index (χ2n) is 7.32. The molecule has 5 heteroatoms. The van der Waals surface area contributed by atoms with Gasteiger partial charge in [-0.2, -0.15) is 0 Å². The lowest BCUT2D eigenvalue weighted by molar-refractivity contribution is 0.0696. The first-order chi connectivity index (χ1) is 15.5. The molecule has 0 fully saturated rings. The Morgan fingerprint density at radius 3 is 2.06 bits per heavy atom. The summed E-state index contributed by atoms with van der Waals surface area (Å²) in [5, 5.41) is 9.86. The van der Waals surface area contributed by atoms with Crippen LogP contribution in [0.2, 0.25) is 5.02 Å². The summed E-state index contributed by atoms with van der Waals surface area (Å²) < 4.78 is 0. The van der Waals surface area contributed by atoms with E-state index in [-0.39, 0.29) is 11.5 Å². The highest BCUT2D eigenvalue weighted by Gasteiger charge is 2.18. The van der Waals surface area contributed by atoms with Gasteiger partial charge in [0.2, 0.25) is 0 Å². The highest BCUT2D eigenvalue weighted by Crippen LogP contribution is 2.25. The number of carbonyl (C=O) groups is 2. The summed E-state index contributed by atoms with van der Waals surface area (Å²) in [6.45, 7) is 0.359. The summed E-state index contributed by atoms with van der Waals surface area (Å²) in [4.78, 5) is 26.4. The molecule has 4 rings (SSSR count). The fraction of sp³-hybridized carbons (Fsp3) is 0.0370. The van der Waals surface area contributed by atoms with Crippen molar-refractivity contribution in [3.63, 3.8) is 0 Å². The van der Waals surface area contributed by atoms with Gasteiger partial charge in [-0.25, -0.2) is 4.79 Å². The van der Waals surface area contributed by atoms with E-state index >= 15 is 0 Å². The van der Waals surface area contributed by atoms with E-state index in [1.807, 2.05) is 60.7 Å². The molecule has 4 nitrogen and oxygen atoms in total. The number of hydrogen-bond donors (Lipinski definition) is 1. The van der Waals surface area contributed by atoms with Crippen LogP contribution in [-0.4, -0.2) is 17.0 Å². The van der Waals surface area contributed by atoms with Crippen molar-refractivity contribution in [2.45, 2.75) is 6.54 Å². The summed E-state index contributed by atoms with van der Waals surface area (Å²) in [6, 6.07) is 30.9. The molecule has 0 aromatic heterocycles. The normalized spacial score (nSPS) is 10.5. The summed E-state index contributed by atoms with van der Waals surface area (Å²) >= 11 is 5.99. The molecular formula is C27H20ClNO3. The molecule has 158 valence electrons. The van der Waals surface area contributed by atoms with Crippen molar-refractivity contribution >= 4 is 29.2 Å². The zero-order chi connectivity index (χ0) is 22.5. The predicted octanol–water partition coefficient (Wildman–Crippen LogP) is 6.55. The van der Waals surface area contributed by atoms with Gasteiger partial charge in [-0.3, -0.25) is 4.79 Å². The second kappa shape index (κ2) is 9.50. The molecule has 1 amide bonds. The van der Waals surface area contributed by atoms with Crippen molar-refractivity contribution in [1.29, 1.82) is 0 Å². The maximum atomic E-state index is 13.4. The van der Waals surface area contributed by atoms with Gasteiger partial charge in [0.05, 0.1) is 12.1 Å². The maximum Gasteiger partial charge on any atom is 0.335 e. The predicted molar refractivity (Wildman–Crippen MR) is 127 cm³/mol. The Bertz CT molecular complexity index is 1250. The van der Waals surface area contributed by atoms with Gasteiger partial charge >= 0.3 is 5.97 Å². The first-order valence-corrected chi connectivity index (χ1v) is 10.4. The van der Waals surface area contributed by atoms with Gasteiger partial charge in [0.15, 0.2) is 0 Å². The number of nitrogens with zero attached hydrogens (tertiary/aromatic N) is 1. The summed E-state index contributed by atoms with van der Waals surface area (Å²) in [7, 11) is 0. The minimum absolute atomic E-state index is 0.133. The summed E-state index contributed by atoms with van der Waals surface area (Å²) in [5.41, 5.74) is 4.18. The smallest absolute Gasteiger partial charge is 0.335 e. The highest BCUT2D eigenvalue weighted by molar-refractivity contribution is 6.30. The molecule has 1 N–H and O–H groups in total. The lowest BCUT2D eigenvalue weighted by Gasteiger charge is -2.23. The molecule has 0 radical (unpaired) electrons. The number of amides is 1.